The van der Waals surface area contributed by atoms with Crippen LogP contribution < -0.4 is 21.6 Å². The molecule has 13 heteroatoms. The van der Waals surface area contributed by atoms with Crippen LogP contribution in [0.4, 0.5) is 18.9 Å². The molecule has 1 amide bonds. The highest BCUT2D eigenvalue weighted by Gasteiger charge is 2.49. The summed E-state index contributed by atoms with van der Waals surface area (Å²) in [7, 11) is 1.26. The molecule has 0 bridgehead atoms. The van der Waals surface area contributed by atoms with Crippen molar-refractivity contribution in [2.75, 3.05) is 12.4 Å². The number of amides is 1. The van der Waals surface area contributed by atoms with Crippen molar-refractivity contribution < 1.29 is 47.6 Å². The standard InChI is InChI=1S/C27H26N4O4.C2HF3O2/c1-17-6-3-4-9-22(17)18-10-12-21(13-11-18)30-26(33)27(16-24(32)34-2)15-23(31-35-27)19-7-5-8-20(14-19)25(28)29;3-2(4,5)1(6)7/h3-14H,15-16H2,1-2H3,(H3,28,29)(H,30,33);(H,6,7). The lowest BCUT2D eigenvalue weighted by Gasteiger charge is -2.24. The number of benzene rings is 3. The number of oxime groups is 1. The van der Waals surface area contributed by atoms with Crippen LogP contribution in [0, 0.1) is 6.92 Å². The maximum atomic E-state index is 13.4. The number of nitrogens with two attached hydrogens (primary N) is 2. The Bertz CT molecular complexity index is 1520. The number of esters is 1. The topological polar surface area (TPSA) is 169 Å². The Morgan fingerprint density at radius 3 is 2.29 bits per heavy atom. The molecule has 4 rings (SSSR count). The molecule has 0 spiro atoms. The monoisotopic (exact) mass is 584 g/mol. The molecule has 0 aliphatic carbocycles. The highest BCUT2D eigenvalue weighted by molar-refractivity contribution is 6.10. The van der Waals surface area contributed by atoms with Crippen LogP contribution in [0.3, 0.4) is 0 Å². The predicted octanol–water partition coefficient (Wildman–Crippen LogP) is 1.49. The second kappa shape index (κ2) is 13.0. The van der Waals surface area contributed by atoms with Gasteiger partial charge < -0.3 is 24.8 Å². The molecule has 1 atom stereocenters. The average Bonchev–Trinajstić information content (AvgIpc) is 3.39. The molecule has 0 fully saturated rings. The lowest BCUT2D eigenvalue weighted by atomic mass is 9.89. The number of methoxy groups -OCH3 is 1. The van der Waals surface area contributed by atoms with Crippen LogP contribution in [-0.2, 0) is 24.0 Å². The predicted molar refractivity (Wildman–Crippen MR) is 145 cm³/mol. The minimum atomic E-state index is -5.19. The number of carbonyl (C=O) groups excluding carboxylic acids is 3. The number of anilines is 1. The van der Waals surface area contributed by atoms with Gasteiger partial charge in [-0.3, -0.25) is 20.7 Å². The van der Waals surface area contributed by atoms with Gasteiger partial charge in [0.1, 0.15) is 5.97 Å². The molecule has 1 aliphatic heterocycles. The first-order valence-electron chi connectivity index (χ1n) is 12.3. The number of hydrogen-bond acceptors (Lipinski definition) is 7. The third-order valence-electron chi connectivity index (χ3n) is 6.21. The number of rotatable bonds is 7. The maximum Gasteiger partial charge on any atom is 0.430 e. The van der Waals surface area contributed by atoms with E-state index in [1.165, 1.54) is 7.11 Å². The van der Waals surface area contributed by atoms with E-state index in [0.29, 0.717) is 22.5 Å². The van der Waals surface area contributed by atoms with Gasteiger partial charge in [0.25, 0.3) is 11.7 Å². The van der Waals surface area contributed by atoms with Crippen LogP contribution in [0.1, 0.15) is 29.5 Å². The highest BCUT2D eigenvalue weighted by atomic mass is 19.4. The Balaban J connectivity index is 0.000000616. The summed E-state index contributed by atoms with van der Waals surface area (Å²) in [4.78, 5) is 40.0. The zero-order valence-electron chi connectivity index (χ0n) is 22.5. The van der Waals surface area contributed by atoms with Gasteiger partial charge >= 0.3 is 12.1 Å². The van der Waals surface area contributed by atoms with E-state index in [0.717, 1.165) is 16.7 Å². The van der Waals surface area contributed by atoms with Gasteiger partial charge in [0, 0.05) is 17.7 Å². The van der Waals surface area contributed by atoms with Crippen molar-refractivity contribution in [1.82, 2.24) is 0 Å². The Kier molecular flexibility index (Phi) is 9.68. The summed E-state index contributed by atoms with van der Waals surface area (Å²) in [5.41, 5.74) is 9.85. The molecule has 3 aromatic rings. The van der Waals surface area contributed by atoms with Crippen molar-refractivity contribution in [3.63, 3.8) is 0 Å². The Morgan fingerprint density at radius 1 is 1.07 bits per heavy atom. The van der Waals surface area contributed by atoms with E-state index in [4.69, 9.17) is 30.6 Å². The summed E-state index contributed by atoms with van der Waals surface area (Å²) >= 11 is 0. The number of carboxylic acids is 1. The molecule has 42 heavy (non-hydrogen) atoms. The van der Waals surface area contributed by atoms with Crippen molar-refractivity contribution >= 4 is 35.1 Å². The Hall–Kier alpha value is -5.20. The Labute approximate surface area is 238 Å². The summed E-state index contributed by atoms with van der Waals surface area (Å²) in [6, 6.07) is 22.7. The molecule has 1 heterocycles. The van der Waals surface area contributed by atoms with Crippen LogP contribution in [0.15, 0.2) is 78.0 Å². The SMILES string of the molecule is COC(=O)CC1(C(=O)Nc2ccc(-c3ccccc3C)cc2)CC(c2cccc(C(N)=[NH2+])c2)=NO1.O=C([O-])C(F)(F)F. The molecular weight excluding hydrogens is 557 g/mol. The van der Waals surface area contributed by atoms with Gasteiger partial charge in [0.05, 0.1) is 24.8 Å². The van der Waals surface area contributed by atoms with E-state index in [2.05, 4.69) is 10.5 Å². The van der Waals surface area contributed by atoms with Crippen LogP contribution >= 0.6 is 0 Å². The van der Waals surface area contributed by atoms with Gasteiger partial charge in [0.2, 0.25) is 5.60 Å². The first-order valence-corrected chi connectivity index (χ1v) is 12.3. The summed E-state index contributed by atoms with van der Waals surface area (Å²) in [5.74, 6) is -3.92. The van der Waals surface area contributed by atoms with Gasteiger partial charge in [-0.1, -0.05) is 53.7 Å². The maximum absolute atomic E-state index is 13.4. The smallest absolute Gasteiger partial charge is 0.430 e. The van der Waals surface area contributed by atoms with Crippen molar-refractivity contribution in [3.8, 4) is 11.1 Å². The highest BCUT2D eigenvalue weighted by Crippen LogP contribution is 2.33. The third kappa shape index (κ3) is 7.71. The van der Waals surface area contributed by atoms with Crippen LogP contribution in [0.5, 0.6) is 0 Å². The second-order valence-corrected chi connectivity index (χ2v) is 9.22. The molecule has 0 saturated heterocycles. The van der Waals surface area contributed by atoms with E-state index in [1.54, 1.807) is 18.2 Å². The van der Waals surface area contributed by atoms with Gasteiger partial charge in [-0.05, 0) is 47.9 Å². The number of halogens is 3. The van der Waals surface area contributed by atoms with Crippen LogP contribution in [-0.4, -0.2) is 48.3 Å². The van der Waals surface area contributed by atoms with Crippen molar-refractivity contribution in [1.29, 1.82) is 0 Å². The van der Waals surface area contributed by atoms with Gasteiger partial charge in [0.15, 0.2) is 0 Å². The molecule has 220 valence electrons. The minimum Gasteiger partial charge on any atom is -0.542 e. The summed E-state index contributed by atoms with van der Waals surface area (Å²) in [5, 5.41) is 21.5. The normalized spacial score (nSPS) is 15.8. The molecule has 0 aromatic heterocycles. The number of hydrogen-bond donors (Lipinski definition) is 3. The molecule has 0 saturated carbocycles. The molecule has 0 radical (unpaired) electrons. The molecule has 1 aliphatic rings. The first kappa shape index (κ1) is 31.3. The quantitative estimate of drug-likeness (QED) is 0.215. The van der Waals surface area contributed by atoms with E-state index in [-0.39, 0.29) is 18.7 Å². The van der Waals surface area contributed by atoms with Crippen molar-refractivity contribution in [2.45, 2.75) is 31.5 Å². The third-order valence-corrected chi connectivity index (χ3v) is 6.21. The zero-order chi connectivity index (χ0) is 31.1. The molecular formula is C29H27F3N4O6. The number of ether oxygens (including phenoxy) is 1. The molecule has 5 N–H and O–H groups in total. The number of aliphatic carboxylic acids is 1. The summed E-state index contributed by atoms with van der Waals surface area (Å²) in [6.45, 7) is 2.05. The molecule has 3 aromatic carbocycles. The van der Waals surface area contributed by atoms with E-state index < -0.39 is 29.6 Å². The van der Waals surface area contributed by atoms with Gasteiger partial charge in [-0.2, -0.15) is 13.2 Å². The van der Waals surface area contributed by atoms with Gasteiger partial charge in [-0.25, -0.2) is 0 Å². The number of aryl methyl sites for hydroxylation is 1. The fourth-order valence-corrected chi connectivity index (χ4v) is 3.99. The molecule has 1 unspecified atom stereocenters. The van der Waals surface area contributed by atoms with Crippen molar-refractivity contribution in [3.05, 3.63) is 89.5 Å². The zero-order valence-corrected chi connectivity index (χ0v) is 22.5. The molecule has 10 nitrogen and oxygen atoms in total. The summed E-state index contributed by atoms with van der Waals surface area (Å²) < 4.78 is 36.4. The number of amidine groups is 1. The van der Waals surface area contributed by atoms with Crippen LogP contribution in [0.25, 0.3) is 11.1 Å². The lowest BCUT2D eigenvalue weighted by molar-refractivity contribution is -0.344. The number of nitrogens with zero attached hydrogens (tertiary/aromatic N) is 1. The number of carbonyl (C=O) groups is 3. The lowest BCUT2D eigenvalue weighted by Crippen LogP contribution is -2.46. The minimum absolute atomic E-state index is 0.0726. The van der Waals surface area contributed by atoms with E-state index in [1.807, 2.05) is 61.5 Å². The van der Waals surface area contributed by atoms with Crippen molar-refractivity contribution in [2.24, 2.45) is 10.9 Å². The number of nitrogens with one attached hydrogen (secondary N) is 1. The number of carboxylic acid groups (broad SMARTS) is 1. The largest absolute Gasteiger partial charge is 0.542 e. The summed E-state index contributed by atoms with van der Waals surface area (Å²) in [6.07, 6.45) is -5.42. The van der Waals surface area contributed by atoms with Crippen LogP contribution in [0.2, 0.25) is 0 Å². The fraction of sp³-hybridized carbons (Fsp3) is 0.207. The van der Waals surface area contributed by atoms with E-state index >= 15 is 0 Å². The average molecular weight is 585 g/mol. The van der Waals surface area contributed by atoms with E-state index in [9.17, 15) is 22.8 Å². The number of alkyl halides is 3. The second-order valence-electron chi connectivity index (χ2n) is 9.22. The van der Waals surface area contributed by atoms with Gasteiger partial charge in [-0.15, -0.1) is 0 Å². The fourth-order valence-electron chi connectivity index (χ4n) is 3.99. The first-order chi connectivity index (χ1) is 19.8. The Morgan fingerprint density at radius 2 is 1.71 bits per heavy atom.